The van der Waals surface area contributed by atoms with Gasteiger partial charge in [0.15, 0.2) is 0 Å². The summed E-state index contributed by atoms with van der Waals surface area (Å²) >= 11 is 0. The first kappa shape index (κ1) is 12.7. The summed E-state index contributed by atoms with van der Waals surface area (Å²) in [6.45, 7) is 0.738. The minimum Gasteiger partial charge on any atom is -0.493 e. The van der Waals surface area contributed by atoms with Gasteiger partial charge in [-0.2, -0.15) is 0 Å². The Bertz CT molecular complexity index is 616. The van der Waals surface area contributed by atoms with Crippen LogP contribution in [0, 0.1) is 0 Å². The average molecular weight is 263 g/mol. The molecule has 0 radical (unpaired) electrons. The van der Waals surface area contributed by atoms with Gasteiger partial charge in [0, 0.05) is 18.2 Å². The third-order valence-electron chi connectivity index (χ3n) is 3.37. The van der Waals surface area contributed by atoms with Crippen LogP contribution in [0.1, 0.15) is 23.6 Å². The molecular formula is C18H17NO. The van der Waals surface area contributed by atoms with Gasteiger partial charge in [-0.05, 0) is 17.7 Å². The Morgan fingerprint density at radius 3 is 2.70 bits per heavy atom. The maximum absolute atomic E-state index is 5.64. The second kappa shape index (κ2) is 6.20. The Labute approximate surface area is 119 Å². The minimum atomic E-state index is 0.209. The van der Waals surface area contributed by atoms with E-state index in [2.05, 4.69) is 29.3 Å². The molecule has 0 aromatic heterocycles. The standard InChI is InChI=1S/C18H17NO/c1-2-7-15(8-3-1)9-6-13-19-17-12-14-20-18-11-5-4-10-16(17)18/h1-11,13,17H,12,14H2/b9-6+,19-13+. The van der Waals surface area contributed by atoms with E-state index in [1.54, 1.807) is 0 Å². The summed E-state index contributed by atoms with van der Waals surface area (Å²) in [5, 5.41) is 0. The van der Waals surface area contributed by atoms with Crippen molar-refractivity contribution in [3.05, 3.63) is 71.8 Å². The van der Waals surface area contributed by atoms with Crippen molar-refractivity contribution in [2.24, 2.45) is 4.99 Å². The molecular weight excluding hydrogens is 246 g/mol. The number of aliphatic imine (C=N–C) groups is 1. The number of fused-ring (bicyclic) bond motifs is 1. The number of rotatable bonds is 3. The molecule has 0 amide bonds. The monoisotopic (exact) mass is 263 g/mol. The fourth-order valence-electron chi connectivity index (χ4n) is 2.35. The third kappa shape index (κ3) is 2.97. The maximum Gasteiger partial charge on any atom is 0.124 e. The van der Waals surface area contributed by atoms with Crippen LogP contribution in [0.15, 0.2) is 65.7 Å². The van der Waals surface area contributed by atoms with Crippen molar-refractivity contribution in [2.75, 3.05) is 6.61 Å². The zero-order valence-electron chi connectivity index (χ0n) is 11.3. The molecule has 2 heteroatoms. The van der Waals surface area contributed by atoms with Gasteiger partial charge >= 0.3 is 0 Å². The molecule has 1 aliphatic heterocycles. The van der Waals surface area contributed by atoms with E-state index in [-0.39, 0.29) is 6.04 Å². The van der Waals surface area contributed by atoms with Crippen LogP contribution in [0.4, 0.5) is 0 Å². The average Bonchev–Trinajstić information content (AvgIpc) is 2.53. The van der Waals surface area contributed by atoms with Gasteiger partial charge in [0.1, 0.15) is 5.75 Å². The number of benzene rings is 2. The largest absolute Gasteiger partial charge is 0.493 e. The number of hydrogen-bond donors (Lipinski definition) is 0. The Morgan fingerprint density at radius 1 is 1.00 bits per heavy atom. The molecule has 2 nitrogen and oxygen atoms in total. The Balaban J connectivity index is 1.70. The molecule has 3 rings (SSSR count). The van der Waals surface area contributed by atoms with Crippen molar-refractivity contribution < 1.29 is 4.74 Å². The molecule has 1 aliphatic rings. The number of allylic oxidation sites excluding steroid dienone is 1. The second-order valence-electron chi connectivity index (χ2n) is 4.76. The van der Waals surface area contributed by atoms with E-state index in [9.17, 15) is 0 Å². The number of ether oxygens (including phenoxy) is 1. The first-order chi connectivity index (χ1) is 9.93. The Morgan fingerprint density at radius 2 is 1.80 bits per heavy atom. The third-order valence-corrected chi connectivity index (χ3v) is 3.37. The molecule has 0 saturated carbocycles. The van der Waals surface area contributed by atoms with Crippen LogP contribution in [-0.2, 0) is 0 Å². The highest BCUT2D eigenvalue weighted by Gasteiger charge is 2.19. The zero-order valence-corrected chi connectivity index (χ0v) is 11.3. The summed E-state index contributed by atoms with van der Waals surface area (Å²) in [5.74, 6) is 0.966. The van der Waals surface area contributed by atoms with Gasteiger partial charge in [-0.15, -0.1) is 0 Å². The van der Waals surface area contributed by atoms with Crippen molar-refractivity contribution in [1.29, 1.82) is 0 Å². The van der Waals surface area contributed by atoms with E-state index in [4.69, 9.17) is 4.74 Å². The highest BCUT2D eigenvalue weighted by atomic mass is 16.5. The first-order valence-corrected chi connectivity index (χ1v) is 6.90. The molecule has 0 bridgehead atoms. The van der Waals surface area contributed by atoms with E-state index in [0.717, 1.165) is 18.8 Å². The lowest BCUT2D eigenvalue weighted by molar-refractivity contribution is 0.270. The normalized spacial score (nSPS) is 18.1. The molecule has 20 heavy (non-hydrogen) atoms. The van der Waals surface area contributed by atoms with Crippen LogP contribution in [0.25, 0.3) is 6.08 Å². The summed E-state index contributed by atoms with van der Waals surface area (Å²) in [7, 11) is 0. The molecule has 0 saturated heterocycles. The second-order valence-corrected chi connectivity index (χ2v) is 4.76. The van der Waals surface area contributed by atoms with Gasteiger partial charge in [-0.3, -0.25) is 4.99 Å². The van der Waals surface area contributed by atoms with Gasteiger partial charge in [0.05, 0.1) is 12.6 Å². The summed E-state index contributed by atoms with van der Waals surface area (Å²) in [6, 6.07) is 18.6. The maximum atomic E-state index is 5.64. The highest BCUT2D eigenvalue weighted by molar-refractivity contribution is 5.78. The molecule has 0 N–H and O–H groups in total. The van der Waals surface area contributed by atoms with Gasteiger partial charge in [0.2, 0.25) is 0 Å². The molecule has 100 valence electrons. The summed E-state index contributed by atoms with van der Waals surface area (Å²) in [4.78, 5) is 4.65. The molecule has 0 aliphatic carbocycles. The van der Waals surface area contributed by atoms with Gasteiger partial charge in [-0.25, -0.2) is 0 Å². The molecule has 1 atom stereocenters. The van der Waals surface area contributed by atoms with E-state index in [0.29, 0.717) is 0 Å². The number of hydrogen-bond acceptors (Lipinski definition) is 2. The zero-order chi connectivity index (χ0) is 13.6. The smallest absolute Gasteiger partial charge is 0.124 e. The predicted octanol–water partition coefficient (Wildman–Crippen LogP) is 4.29. The van der Waals surface area contributed by atoms with Crippen LogP contribution in [0.3, 0.4) is 0 Å². The summed E-state index contributed by atoms with van der Waals surface area (Å²) in [6.07, 6.45) is 6.88. The fraction of sp³-hybridized carbons (Fsp3) is 0.167. The SMILES string of the molecule is C(=C\c1ccccc1)/C=N/C1CCOc2ccccc21. The van der Waals surface area contributed by atoms with Crippen molar-refractivity contribution in [3.8, 4) is 5.75 Å². The Kier molecular flexibility index (Phi) is 3.93. The van der Waals surface area contributed by atoms with E-state index >= 15 is 0 Å². The van der Waals surface area contributed by atoms with E-state index in [1.165, 1.54) is 11.1 Å². The van der Waals surface area contributed by atoms with E-state index < -0.39 is 0 Å². The lowest BCUT2D eigenvalue weighted by Crippen LogP contribution is -2.12. The van der Waals surface area contributed by atoms with Crippen LogP contribution < -0.4 is 4.74 Å². The quantitative estimate of drug-likeness (QED) is 0.757. The van der Waals surface area contributed by atoms with Gasteiger partial charge < -0.3 is 4.74 Å². The Hall–Kier alpha value is -2.35. The first-order valence-electron chi connectivity index (χ1n) is 6.90. The lowest BCUT2D eigenvalue weighted by atomic mass is 10.0. The van der Waals surface area contributed by atoms with Crippen molar-refractivity contribution in [3.63, 3.8) is 0 Å². The van der Waals surface area contributed by atoms with Crippen LogP contribution in [0.5, 0.6) is 5.75 Å². The van der Waals surface area contributed by atoms with Crippen molar-refractivity contribution >= 4 is 12.3 Å². The fourth-order valence-corrected chi connectivity index (χ4v) is 2.35. The molecule has 0 spiro atoms. The van der Waals surface area contributed by atoms with Crippen LogP contribution >= 0.6 is 0 Å². The highest BCUT2D eigenvalue weighted by Crippen LogP contribution is 2.33. The van der Waals surface area contributed by atoms with Crippen molar-refractivity contribution in [2.45, 2.75) is 12.5 Å². The topological polar surface area (TPSA) is 21.6 Å². The minimum absolute atomic E-state index is 0.209. The molecule has 0 fully saturated rings. The van der Waals surface area contributed by atoms with Crippen molar-refractivity contribution in [1.82, 2.24) is 0 Å². The molecule has 1 unspecified atom stereocenters. The molecule has 2 aromatic rings. The van der Waals surface area contributed by atoms with E-state index in [1.807, 2.05) is 48.7 Å². The number of para-hydroxylation sites is 1. The summed E-state index contributed by atoms with van der Waals surface area (Å²) in [5.41, 5.74) is 2.37. The van der Waals surface area contributed by atoms with Gasteiger partial charge in [-0.1, -0.05) is 54.6 Å². The predicted molar refractivity (Wildman–Crippen MR) is 83.3 cm³/mol. The van der Waals surface area contributed by atoms with Crippen LogP contribution in [0.2, 0.25) is 0 Å². The molecule has 2 aromatic carbocycles. The van der Waals surface area contributed by atoms with Gasteiger partial charge in [0.25, 0.3) is 0 Å². The summed E-state index contributed by atoms with van der Waals surface area (Å²) < 4.78 is 5.64. The number of nitrogens with zero attached hydrogens (tertiary/aromatic N) is 1. The lowest BCUT2D eigenvalue weighted by Gasteiger charge is -2.22. The van der Waals surface area contributed by atoms with Crippen LogP contribution in [-0.4, -0.2) is 12.8 Å². The molecule has 1 heterocycles.